The second-order valence-corrected chi connectivity index (χ2v) is 10.4. The van der Waals surface area contributed by atoms with Crippen molar-refractivity contribution in [3.8, 4) is 5.75 Å². The van der Waals surface area contributed by atoms with Crippen molar-refractivity contribution in [1.82, 2.24) is 9.80 Å². The molecule has 0 saturated heterocycles. The van der Waals surface area contributed by atoms with Crippen LogP contribution in [0.4, 0.5) is 0 Å². The molecule has 4 rings (SSSR count). The molecule has 2 aromatic heterocycles. The molecular weight excluding hydrogens is 460 g/mol. The van der Waals surface area contributed by atoms with Crippen molar-refractivity contribution >= 4 is 23.2 Å². The van der Waals surface area contributed by atoms with Crippen molar-refractivity contribution in [2.24, 2.45) is 5.92 Å². The van der Waals surface area contributed by atoms with Gasteiger partial charge in [-0.2, -0.15) is 0 Å². The van der Waals surface area contributed by atoms with E-state index in [4.69, 9.17) is 9.15 Å². The lowest BCUT2D eigenvalue weighted by Crippen LogP contribution is -2.48. The smallest absolute Gasteiger partial charge is 0.290 e. The van der Waals surface area contributed by atoms with Gasteiger partial charge in [-0.3, -0.25) is 9.59 Å². The third-order valence-electron chi connectivity index (χ3n) is 6.72. The summed E-state index contributed by atoms with van der Waals surface area (Å²) in [6, 6.07) is 11.4. The molecule has 0 spiro atoms. The van der Waals surface area contributed by atoms with E-state index in [0.717, 1.165) is 29.7 Å². The molecule has 2 amide bonds. The van der Waals surface area contributed by atoms with Gasteiger partial charge in [0.15, 0.2) is 5.76 Å². The number of aryl methyl sites for hydroxylation is 2. The molecule has 1 aliphatic heterocycles. The van der Waals surface area contributed by atoms with Crippen LogP contribution in [0.25, 0.3) is 0 Å². The molecule has 0 fully saturated rings. The van der Waals surface area contributed by atoms with Crippen molar-refractivity contribution in [1.29, 1.82) is 0 Å². The third kappa shape index (κ3) is 5.78. The molecule has 0 N–H and O–H groups in total. The number of thiophene rings is 1. The first-order chi connectivity index (χ1) is 16.9. The molecule has 35 heavy (non-hydrogen) atoms. The maximum atomic E-state index is 13.7. The van der Waals surface area contributed by atoms with E-state index in [9.17, 15) is 9.59 Å². The fraction of sp³-hybridized carbons (Fsp3) is 0.429. The van der Waals surface area contributed by atoms with Gasteiger partial charge in [-0.15, -0.1) is 11.3 Å². The molecule has 0 radical (unpaired) electrons. The monoisotopic (exact) mass is 494 g/mol. The van der Waals surface area contributed by atoms with Gasteiger partial charge in [0.05, 0.1) is 12.3 Å². The van der Waals surface area contributed by atoms with Gasteiger partial charge in [-0.1, -0.05) is 38.0 Å². The highest BCUT2D eigenvalue weighted by Gasteiger charge is 2.34. The molecular formula is C28H34N2O4S. The maximum absolute atomic E-state index is 13.7. The number of nitrogens with zero attached hydrogens (tertiary/aromatic N) is 2. The zero-order valence-electron chi connectivity index (χ0n) is 21.0. The average molecular weight is 495 g/mol. The Bertz CT molecular complexity index is 1150. The number of carbonyl (C=O) groups is 2. The van der Waals surface area contributed by atoms with Crippen molar-refractivity contribution in [2.75, 3.05) is 26.2 Å². The molecule has 3 heterocycles. The first-order valence-electron chi connectivity index (χ1n) is 12.3. The van der Waals surface area contributed by atoms with E-state index in [1.165, 1.54) is 16.7 Å². The van der Waals surface area contributed by atoms with Crippen molar-refractivity contribution in [2.45, 2.75) is 46.6 Å². The molecule has 0 bridgehead atoms. The van der Waals surface area contributed by atoms with E-state index in [1.807, 2.05) is 24.0 Å². The number of ether oxygens (including phenoxy) is 1. The van der Waals surface area contributed by atoms with Gasteiger partial charge in [-0.25, -0.2) is 0 Å². The van der Waals surface area contributed by atoms with Gasteiger partial charge in [0.25, 0.3) is 5.91 Å². The fourth-order valence-electron chi connectivity index (χ4n) is 4.54. The number of hydrogen-bond acceptors (Lipinski definition) is 5. The van der Waals surface area contributed by atoms with Gasteiger partial charge in [0.1, 0.15) is 18.9 Å². The SMILES string of the molecule is CC[C@H](C)CN(CC(=O)N1CCc2sccc2[C@@H]1COc1ccc(C)cc1C)C(=O)c1ccco1. The van der Waals surface area contributed by atoms with Gasteiger partial charge in [0.2, 0.25) is 5.91 Å². The first-order valence-corrected chi connectivity index (χ1v) is 13.1. The lowest BCUT2D eigenvalue weighted by molar-refractivity contribution is -0.135. The summed E-state index contributed by atoms with van der Waals surface area (Å²) in [6.07, 6.45) is 3.22. The first kappa shape index (κ1) is 25.0. The third-order valence-corrected chi connectivity index (χ3v) is 7.71. The van der Waals surface area contributed by atoms with Crippen LogP contribution in [0.1, 0.15) is 58.4 Å². The van der Waals surface area contributed by atoms with Crippen molar-refractivity contribution in [3.05, 3.63) is 75.4 Å². The molecule has 0 saturated carbocycles. The number of furan rings is 1. The molecule has 3 aromatic rings. The lowest BCUT2D eigenvalue weighted by atomic mass is 10.00. The summed E-state index contributed by atoms with van der Waals surface area (Å²) in [5.74, 6) is 1.04. The van der Waals surface area contributed by atoms with E-state index < -0.39 is 0 Å². The Hall–Kier alpha value is -3.06. The lowest BCUT2D eigenvalue weighted by Gasteiger charge is -2.37. The van der Waals surface area contributed by atoms with Crippen molar-refractivity contribution in [3.63, 3.8) is 0 Å². The van der Waals surface area contributed by atoms with E-state index in [1.54, 1.807) is 28.4 Å². The number of fused-ring (bicyclic) bond motifs is 1. The maximum Gasteiger partial charge on any atom is 0.290 e. The highest BCUT2D eigenvalue weighted by atomic mass is 32.1. The van der Waals surface area contributed by atoms with E-state index in [0.29, 0.717) is 19.7 Å². The fourth-order valence-corrected chi connectivity index (χ4v) is 5.47. The predicted octanol–water partition coefficient (Wildman–Crippen LogP) is 5.65. The number of rotatable bonds is 9. The highest BCUT2D eigenvalue weighted by Crippen LogP contribution is 2.34. The summed E-state index contributed by atoms with van der Waals surface area (Å²) in [5, 5.41) is 2.08. The quantitative estimate of drug-likeness (QED) is 0.386. The van der Waals surface area contributed by atoms with E-state index in [2.05, 4.69) is 38.3 Å². The summed E-state index contributed by atoms with van der Waals surface area (Å²) in [6.45, 7) is 9.78. The van der Waals surface area contributed by atoms with Crippen LogP contribution in [0, 0.1) is 19.8 Å². The molecule has 7 heteroatoms. The minimum Gasteiger partial charge on any atom is -0.491 e. The van der Waals surface area contributed by atoms with Crippen LogP contribution in [0.2, 0.25) is 0 Å². The summed E-state index contributed by atoms with van der Waals surface area (Å²) < 4.78 is 11.6. The Balaban J connectivity index is 1.54. The molecule has 6 nitrogen and oxygen atoms in total. The summed E-state index contributed by atoms with van der Waals surface area (Å²) in [4.78, 5) is 31.6. The Morgan fingerprint density at radius 2 is 2.09 bits per heavy atom. The Kier molecular flexibility index (Phi) is 7.96. The van der Waals surface area contributed by atoms with Crippen LogP contribution in [0.15, 0.2) is 52.5 Å². The average Bonchev–Trinajstić information content (AvgIpc) is 3.54. The standard InChI is InChI=1S/C28H34N2O4S/c1-5-19(2)16-29(28(32)25-7-6-13-33-25)17-27(31)30-12-10-26-22(11-14-35-26)23(30)18-34-24-9-8-20(3)15-21(24)4/h6-9,11,13-15,19,23H,5,10,12,16-18H2,1-4H3/t19-,23-/m0/s1. The zero-order chi connectivity index (χ0) is 24.9. The topological polar surface area (TPSA) is 63.0 Å². The molecule has 1 aromatic carbocycles. The largest absolute Gasteiger partial charge is 0.491 e. The molecule has 2 atom stereocenters. The minimum absolute atomic E-state index is 0.0173. The van der Waals surface area contributed by atoms with E-state index in [-0.39, 0.29) is 36.1 Å². The zero-order valence-corrected chi connectivity index (χ0v) is 21.8. The van der Waals surface area contributed by atoms with Crippen molar-refractivity contribution < 1.29 is 18.7 Å². The van der Waals surface area contributed by atoms with Crippen LogP contribution < -0.4 is 4.74 Å². The highest BCUT2D eigenvalue weighted by molar-refractivity contribution is 7.10. The van der Waals surface area contributed by atoms with Crippen LogP contribution in [0.5, 0.6) is 5.75 Å². The van der Waals surface area contributed by atoms with Crippen LogP contribution in [-0.2, 0) is 11.2 Å². The van der Waals surface area contributed by atoms with Gasteiger partial charge < -0.3 is 19.0 Å². The second-order valence-electron chi connectivity index (χ2n) is 9.41. The van der Waals surface area contributed by atoms with Crippen LogP contribution >= 0.6 is 11.3 Å². The second kappa shape index (κ2) is 11.1. The molecule has 0 unspecified atom stereocenters. The van der Waals surface area contributed by atoms with Crippen LogP contribution in [-0.4, -0.2) is 47.9 Å². The Morgan fingerprint density at radius 1 is 1.26 bits per heavy atom. The summed E-state index contributed by atoms with van der Waals surface area (Å²) in [7, 11) is 0. The minimum atomic E-state index is -0.250. The molecule has 0 aliphatic carbocycles. The van der Waals surface area contributed by atoms with E-state index >= 15 is 0 Å². The predicted molar refractivity (Wildman–Crippen MR) is 138 cm³/mol. The Morgan fingerprint density at radius 3 is 2.80 bits per heavy atom. The number of carbonyl (C=O) groups excluding carboxylic acids is 2. The van der Waals surface area contributed by atoms with Gasteiger partial charge >= 0.3 is 0 Å². The normalized spacial score (nSPS) is 16.0. The van der Waals surface area contributed by atoms with Gasteiger partial charge in [0, 0.05) is 18.0 Å². The number of hydrogen-bond donors (Lipinski definition) is 0. The number of benzene rings is 1. The number of amides is 2. The summed E-state index contributed by atoms with van der Waals surface area (Å²) in [5.41, 5.74) is 3.41. The van der Waals surface area contributed by atoms with Crippen LogP contribution in [0.3, 0.4) is 0 Å². The summed E-state index contributed by atoms with van der Waals surface area (Å²) >= 11 is 1.73. The Labute approximate surface area is 211 Å². The molecule has 1 aliphatic rings. The van der Waals surface area contributed by atoms with Gasteiger partial charge in [-0.05, 0) is 67.0 Å². The molecule has 186 valence electrons.